The molecule has 0 bridgehead atoms. The second kappa shape index (κ2) is 9.11. The minimum atomic E-state index is -3.94. The number of carbonyl (C=O) groups excluding carboxylic acids is 2. The summed E-state index contributed by atoms with van der Waals surface area (Å²) in [7, 11) is -3.94. The quantitative estimate of drug-likeness (QED) is 0.330. The van der Waals surface area contributed by atoms with E-state index in [0.717, 1.165) is 9.66 Å². The standard InChI is InChI=1S/C21H17BrCl3N3O4S/c22-17-3-1-2-4-19(17)33(31,32)28-12-14(13-29)16-11-15(5-6-18(16)28)26-7-9-27(10-8-26)20(30)21(23,24)25/h1-6,11-13H,7-10H2. The fourth-order valence-corrected chi connectivity index (χ4v) is 6.51. The van der Waals surface area contributed by atoms with E-state index in [-0.39, 0.29) is 10.5 Å². The summed E-state index contributed by atoms with van der Waals surface area (Å²) in [5.41, 5.74) is 1.44. The number of amides is 1. The third-order valence-corrected chi connectivity index (χ3v) is 8.63. The predicted octanol–water partition coefficient (Wildman–Crippen LogP) is 4.47. The predicted molar refractivity (Wildman–Crippen MR) is 133 cm³/mol. The van der Waals surface area contributed by atoms with Gasteiger partial charge in [-0.2, -0.15) is 0 Å². The average molecular weight is 594 g/mol. The number of piperazine rings is 1. The second-order valence-electron chi connectivity index (χ2n) is 7.41. The third kappa shape index (κ3) is 4.61. The van der Waals surface area contributed by atoms with Crippen molar-refractivity contribution in [2.75, 3.05) is 31.1 Å². The van der Waals surface area contributed by atoms with Crippen LogP contribution in [0.4, 0.5) is 5.69 Å². The molecule has 1 aliphatic rings. The highest BCUT2D eigenvalue weighted by Gasteiger charge is 2.36. The maximum atomic E-state index is 13.3. The minimum Gasteiger partial charge on any atom is -0.368 e. The smallest absolute Gasteiger partial charge is 0.274 e. The first-order valence-electron chi connectivity index (χ1n) is 9.75. The van der Waals surface area contributed by atoms with Crippen LogP contribution in [0.5, 0.6) is 0 Å². The van der Waals surface area contributed by atoms with Gasteiger partial charge in [0.2, 0.25) is 0 Å². The van der Waals surface area contributed by atoms with E-state index < -0.39 is 19.7 Å². The van der Waals surface area contributed by atoms with Gasteiger partial charge in [0.25, 0.3) is 19.7 Å². The number of hydrogen-bond acceptors (Lipinski definition) is 5. The lowest BCUT2D eigenvalue weighted by molar-refractivity contribution is -0.130. The molecule has 0 saturated carbocycles. The maximum absolute atomic E-state index is 13.3. The first-order valence-corrected chi connectivity index (χ1v) is 13.1. The van der Waals surface area contributed by atoms with Crippen LogP contribution in [0.2, 0.25) is 0 Å². The molecule has 7 nitrogen and oxygen atoms in total. The Kier molecular flexibility index (Phi) is 6.72. The lowest BCUT2D eigenvalue weighted by Gasteiger charge is -2.37. The third-order valence-electron chi connectivity index (χ3n) is 5.46. The molecule has 1 aliphatic heterocycles. The van der Waals surface area contributed by atoms with Crippen LogP contribution in [0.25, 0.3) is 10.9 Å². The molecule has 1 fully saturated rings. The molecule has 12 heteroatoms. The largest absolute Gasteiger partial charge is 0.368 e. The average Bonchev–Trinajstić information content (AvgIpc) is 3.17. The molecule has 174 valence electrons. The minimum absolute atomic E-state index is 0.0955. The van der Waals surface area contributed by atoms with Gasteiger partial charge in [-0.05, 0) is 46.3 Å². The fourth-order valence-electron chi connectivity index (χ4n) is 3.81. The van der Waals surface area contributed by atoms with Gasteiger partial charge in [0.1, 0.15) is 4.90 Å². The maximum Gasteiger partial charge on any atom is 0.274 e. The summed E-state index contributed by atoms with van der Waals surface area (Å²) in [5, 5.41) is 0.512. The summed E-state index contributed by atoms with van der Waals surface area (Å²) in [6.07, 6.45) is 1.96. The van der Waals surface area contributed by atoms with Crippen molar-refractivity contribution < 1.29 is 18.0 Å². The van der Waals surface area contributed by atoms with Crippen LogP contribution < -0.4 is 4.90 Å². The topological polar surface area (TPSA) is 79.7 Å². The molecule has 1 saturated heterocycles. The summed E-state index contributed by atoms with van der Waals surface area (Å²) in [5.74, 6) is -0.569. The molecule has 2 heterocycles. The van der Waals surface area contributed by atoms with E-state index in [9.17, 15) is 18.0 Å². The zero-order chi connectivity index (χ0) is 24.0. The van der Waals surface area contributed by atoms with Gasteiger partial charge < -0.3 is 9.80 Å². The van der Waals surface area contributed by atoms with E-state index in [4.69, 9.17) is 34.8 Å². The number of nitrogens with zero attached hydrogens (tertiary/aromatic N) is 3. The van der Waals surface area contributed by atoms with Gasteiger partial charge in [0.15, 0.2) is 6.29 Å². The zero-order valence-corrected chi connectivity index (χ0v) is 21.6. The highest BCUT2D eigenvalue weighted by atomic mass is 79.9. The van der Waals surface area contributed by atoms with Gasteiger partial charge in [-0.3, -0.25) is 9.59 Å². The Morgan fingerprint density at radius 1 is 1.03 bits per heavy atom. The van der Waals surface area contributed by atoms with Crippen LogP contribution in [-0.4, -0.2) is 59.5 Å². The van der Waals surface area contributed by atoms with Crippen molar-refractivity contribution in [2.24, 2.45) is 0 Å². The monoisotopic (exact) mass is 591 g/mol. The number of alkyl halides is 3. The molecule has 0 radical (unpaired) electrons. The second-order valence-corrected chi connectivity index (χ2v) is 12.3. The Balaban J connectivity index is 1.67. The lowest BCUT2D eigenvalue weighted by atomic mass is 10.1. The number of aromatic nitrogens is 1. The molecule has 3 aromatic rings. The van der Waals surface area contributed by atoms with Crippen molar-refractivity contribution in [3.63, 3.8) is 0 Å². The summed E-state index contributed by atoms with van der Waals surface area (Å²) in [6, 6.07) is 11.7. The van der Waals surface area contributed by atoms with E-state index in [2.05, 4.69) is 15.9 Å². The van der Waals surface area contributed by atoms with E-state index in [1.54, 1.807) is 36.4 Å². The molecule has 0 unspecified atom stereocenters. The number of carbonyl (C=O) groups is 2. The molecular formula is C21H17BrCl3N3O4S. The van der Waals surface area contributed by atoms with Crippen LogP contribution in [0.1, 0.15) is 10.4 Å². The van der Waals surface area contributed by atoms with E-state index in [0.29, 0.717) is 47.8 Å². The Morgan fingerprint density at radius 3 is 2.30 bits per heavy atom. The lowest BCUT2D eigenvalue weighted by Crippen LogP contribution is -2.51. The molecule has 0 atom stereocenters. The van der Waals surface area contributed by atoms with Crippen LogP contribution in [-0.2, 0) is 14.8 Å². The molecular weight excluding hydrogens is 577 g/mol. The van der Waals surface area contributed by atoms with Crippen LogP contribution in [0.15, 0.2) is 58.0 Å². The number of halogens is 4. The van der Waals surface area contributed by atoms with E-state index in [1.807, 2.05) is 4.90 Å². The Labute approximate surface area is 214 Å². The van der Waals surface area contributed by atoms with Crippen molar-refractivity contribution >= 4 is 89.5 Å². The summed E-state index contributed by atoms with van der Waals surface area (Å²) >= 11 is 20.4. The summed E-state index contributed by atoms with van der Waals surface area (Å²) in [6.45, 7) is 1.71. The molecule has 2 aromatic carbocycles. The molecule has 1 aromatic heterocycles. The van der Waals surface area contributed by atoms with Gasteiger partial charge in [0, 0.05) is 53.5 Å². The number of anilines is 1. The first kappa shape index (κ1) is 24.3. The highest BCUT2D eigenvalue weighted by molar-refractivity contribution is 9.10. The molecule has 0 spiro atoms. The summed E-state index contributed by atoms with van der Waals surface area (Å²) < 4.78 is 26.2. The van der Waals surface area contributed by atoms with Gasteiger partial charge in [-0.25, -0.2) is 12.4 Å². The zero-order valence-electron chi connectivity index (χ0n) is 16.9. The number of hydrogen-bond donors (Lipinski definition) is 0. The number of aldehydes is 1. The molecule has 0 aliphatic carbocycles. The van der Waals surface area contributed by atoms with Crippen molar-refractivity contribution in [1.82, 2.24) is 8.87 Å². The molecule has 1 amide bonds. The van der Waals surface area contributed by atoms with Crippen molar-refractivity contribution in [2.45, 2.75) is 8.69 Å². The first-order chi connectivity index (χ1) is 15.5. The molecule has 33 heavy (non-hydrogen) atoms. The van der Waals surface area contributed by atoms with Gasteiger partial charge in [-0.15, -0.1) is 0 Å². The van der Waals surface area contributed by atoms with Crippen molar-refractivity contribution in [1.29, 1.82) is 0 Å². The number of fused-ring (bicyclic) bond motifs is 1. The van der Waals surface area contributed by atoms with E-state index in [1.165, 1.54) is 17.2 Å². The summed E-state index contributed by atoms with van der Waals surface area (Å²) in [4.78, 5) is 27.5. The van der Waals surface area contributed by atoms with Crippen LogP contribution >= 0.6 is 50.7 Å². The van der Waals surface area contributed by atoms with Gasteiger partial charge >= 0.3 is 0 Å². The molecule has 4 rings (SSSR count). The highest BCUT2D eigenvalue weighted by Crippen LogP contribution is 2.32. The number of rotatable bonds is 4. The molecule has 0 N–H and O–H groups in total. The van der Waals surface area contributed by atoms with Crippen molar-refractivity contribution in [3.8, 4) is 0 Å². The normalized spacial score (nSPS) is 15.2. The fraction of sp³-hybridized carbons (Fsp3) is 0.238. The van der Waals surface area contributed by atoms with Crippen molar-refractivity contribution in [3.05, 3.63) is 58.7 Å². The Bertz CT molecular complexity index is 1350. The van der Waals surface area contributed by atoms with Gasteiger partial charge in [0.05, 0.1) is 5.52 Å². The SMILES string of the molecule is O=Cc1cn(S(=O)(=O)c2ccccc2Br)c2ccc(N3CCN(C(=O)C(Cl)(Cl)Cl)CC3)cc12. The van der Waals surface area contributed by atoms with Crippen LogP contribution in [0, 0.1) is 0 Å². The number of benzene rings is 2. The Morgan fingerprint density at radius 2 is 1.70 bits per heavy atom. The van der Waals surface area contributed by atoms with Gasteiger partial charge in [-0.1, -0.05) is 46.9 Å². The van der Waals surface area contributed by atoms with E-state index >= 15 is 0 Å². The Hall–Kier alpha value is -1.78. The van der Waals surface area contributed by atoms with Crippen LogP contribution in [0.3, 0.4) is 0 Å².